The number of aryl methyl sites for hydroxylation is 1. The number of amides is 1. The van der Waals surface area contributed by atoms with Crippen molar-refractivity contribution < 1.29 is 9.90 Å². The van der Waals surface area contributed by atoms with Crippen molar-refractivity contribution in [3.63, 3.8) is 0 Å². The molecule has 0 bridgehead atoms. The van der Waals surface area contributed by atoms with Gasteiger partial charge in [-0.25, -0.2) is 14.6 Å². The summed E-state index contributed by atoms with van der Waals surface area (Å²) in [5.41, 5.74) is 0. The number of aliphatic hydroxyl groups is 1. The molecule has 0 spiro atoms. The first-order chi connectivity index (χ1) is 14.2. The van der Waals surface area contributed by atoms with E-state index >= 15 is 0 Å². The van der Waals surface area contributed by atoms with Gasteiger partial charge in [0.25, 0.3) is 5.91 Å². The molecule has 2 unspecified atom stereocenters. The number of carbonyl (C=O) groups excluding carboxylic acids is 1. The first-order valence-corrected chi connectivity index (χ1v) is 10.5. The zero-order valence-corrected chi connectivity index (χ0v) is 16.9. The van der Waals surface area contributed by atoms with Crippen LogP contribution >= 0.6 is 0 Å². The predicted molar refractivity (Wildman–Crippen MR) is 111 cm³/mol. The Bertz CT molecular complexity index is 840. The molecule has 29 heavy (non-hydrogen) atoms. The predicted octanol–water partition coefficient (Wildman–Crippen LogP) is 1.65. The van der Waals surface area contributed by atoms with E-state index in [1.807, 2.05) is 28.6 Å². The maximum Gasteiger partial charge on any atom is 0.250 e. The molecule has 4 heterocycles. The van der Waals surface area contributed by atoms with Gasteiger partial charge in [0, 0.05) is 31.8 Å². The maximum atomic E-state index is 13.1. The van der Waals surface area contributed by atoms with E-state index < -0.39 is 0 Å². The SMILES string of the molecule is CCn1nccc1N1CCCC(Nc2cc(N3CCCCC3CO)ncn2)C1=O. The minimum atomic E-state index is -0.332. The van der Waals surface area contributed by atoms with Crippen molar-refractivity contribution in [2.45, 2.75) is 57.7 Å². The molecular weight excluding hydrogens is 370 g/mol. The Balaban J connectivity index is 1.49. The van der Waals surface area contributed by atoms with Crippen molar-refractivity contribution in [1.29, 1.82) is 0 Å². The van der Waals surface area contributed by atoms with Crippen LogP contribution in [-0.2, 0) is 11.3 Å². The lowest BCUT2D eigenvalue weighted by Gasteiger charge is -2.36. The van der Waals surface area contributed by atoms with Crippen molar-refractivity contribution in [1.82, 2.24) is 19.7 Å². The van der Waals surface area contributed by atoms with Crippen LogP contribution < -0.4 is 15.1 Å². The highest BCUT2D eigenvalue weighted by atomic mass is 16.3. The molecule has 2 saturated heterocycles. The minimum absolute atomic E-state index is 0.0396. The molecule has 2 aliphatic rings. The van der Waals surface area contributed by atoms with Crippen molar-refractivity contribution in [3.05, 3.63) is 24.7 Å². The van der Waals surface area contributed by atoms with Gasteiger partial charge in [-0.3, -0.25) is 9.69 Å². The number of carbonyl (C=O) groups is 1. The fourth-order valence-electron chi connectivity index (χ4n) is 4.29. The zero-order chi connectivity index (χ0) is 20.2. The van der Waals surface area contributed by atoms with Gasteiger partial charge in [-0.1, -0.05) is 0 Å². The largest absolute Gasteiger partial charge is 0.394 e. The molecule has 2 aliphatic heterocycles. The first kappa shape index (κ1) is 19.6. The molecule has 2 aromatic heterocycles. The van der Waals surface area contributed by atoms with Gasteiger partial charge in [-0.2, -0.15) is 5.10 Å². The lowest BCUT2D eigenvalue weighted by atomic mass is 10.0. The monoisotopic (exact) mass is 399 g/mol. The summed E-state index contributed by atoms with van der Waals surface area (Å²) in [5, 5.41) is 17.3. The van der Waals surface area contributed by atoms with E-state index in [1.54, 1.807) is 6.20 Å². The number of nitrogens with zero attached hydrogens (tertiary/aromatic N) is 6. The molecule has 4 rings (SSSR count). The van der Waals surface area contributed by atoms with Crippen LogP contribution in [0, 0.1) is 0 Å². The number of hydrogen-bond donors (Lipinski definition) is 2. The Morgan fingerprint density at radius 3 is 2.93 bits per heavy atom. The molecule has 2 aromatic rings. The lowest BCUT2D eigenvalue weighted by Crippen LogP contribution is -2.48. The summed E-state index contributed by atoms with van der Waals surface area (Å²) >= 11 is 0. The quantitative estimate of drug-likeness (QED) is 0.762. The third-order valence-electron chi connectivity index (χ3n) is 5.82. The van der Waals surface area contributed by atoms with Gasteiger partial charge in [-0.05, 0) is 39.0 Å². The smallest absolute Gasteiger partial charge is 0.250 e. The van der Waals surface area contributed by atoms with Gasteiger partial charge >= 0.3 is 0 Å². The molecule has 2 atom stereocenters. The van der Waals surface area contributed by atoms with E-state index in [0.717, 1.165) is 56.8 Å². The standard InChI is InChI=1S/C20H29N7O2/c1-2-27-19(8-9-23-27)26-11-5-7-16(20(26)29)24-17-12-18(22-14-21-17)25-10-4-3-6-15(25)13-28/h8-9,12,14-16,28H,2-7,10-11,13H2,1H3,(H,21,22,24). The van der Waals surface area contributed by atoms with Gasteiger partial charge in [0.2, 0.25) is 0 Å². The second kappa shape index (κ2) is 8.77. The average Bonchev–Trinajstić information content (AvgIpc) is 3.24. The third-order valence-corrected chi connectivity index (χ3v) is 5.82. The first-order valence-electron chi connectivity index (χ1n) is 10.5. The summed E-state index contributed by atoms with van der Waals surface area (Å²) in [7, 11) is 0. The van der Waals surface area contributed by atoms with Gasteiger partial charge in [0.15, 0.2) is 0 Å². The van der Waals surface area contributed by atoms with E-state index in [9.17, 15) is 9.90 Å². The molecule has 0 saturated carbocycles. The molecule has 2 N–H and O–H groups in total. The molecule has 0 radical (unpaired) electrons. The summed E-state index contributed by atoms with van der Waals surface area (Å²) in [5.74, 6) is 2.32. The molecule has 9 nitrogen and oxygen atoms in total. The highest BCUT2D eigenvalue weighted by molar-refractivity contribution is 5.98. The maximum absolute atomic E-state index is 13.1. The number of anilines is 3. The molecule has 0 aliphatic carbocycles. The Hall–Kier alpha value is -2.68. The molecule has 9 heteroatoms. The van der Waals surface area contributed by atoms with Crippen LogP contribution in [0.5, 0.6) is 0 Å². The van der Waals surface area contributed by atoms with Crippen LogP contribution in [0.1, 0.15) is 39.0 Å². The van der Waals surface area contributed by atoms with Crippen LogP contribution in [0.25, 0.3) is 0 Å². The Morgan fingerprint density at radius 2 is 2.10 bits per heavy atom. The van der Waals surface area contributed by atoms with Gasteiger partial charge in [0.1, 0.15) is 29.8 Å². The number of hydrogen-bond acceptors (Lipinski definition) is 7. The molecule has 1 amide bonds. The second-order valence-electron chi connectivity index (χ2n) is 7.62. The van der Waals surface area contributed by atoms with Gasteiger partial charge in [-0.15, -0.1) is 0 Å². The van der Waals surface area contributed by atoms with Gasteiger partial charge in [0.05, 0.1) is 18.8 Å². The number of nitrogens with one attached hydrogen (secondary N) is 1. The van der Waals surface area contributed by atoms with Crippen molar-refractivity contribution in [3.8, 4) is 0 Å². The zero-order valence-electron chi connectivity index (χ0n) is 16.9. The van der Waals surface area contributed by atoms with Crippen LogP contribution in [0.2, 0.25) is 0 Å². The fraction of sp³-hybridized carbons (Fsp3) is 0.600. The molecular formula is C20H29N7O2. The van der Waals surface area contributed by atoms with Crippen LogP contribution in [0.3, 0.4) is 0 Å². The average molecular weight is 399 g/mol. The summed E-state index contributed by atoms with van der Waals surface area (Å²) < 4.78 is 1.84. The third kappa shape index (κ3) is 4.05. The molecule has 2 fully saturated rings. The van der Waals surface area contributed by atoms with Crippen molar-refractivity contribution >= 4 is 23.4 Å². The number of aromatic nitrogens is 4. The Labute approximate surface area is 170 Å². The van der Waals surface area contributed by atoms with Crippen LogP contribution in [0.15, 0.2) is 24.7 Å². The van der Waals surface area contributed by atoms with Crippen molar-refractivity contribution in [2.75, 3.05) is 34.8 Å². The number of aliphatic hydroxyl groups excluding tert-OH is 1. The summed E-state index contributed by atoms with van der Waals surface area (Å²) in [6.45, 7) is 4.43. The second-order valence-corrected chi connectivity index (χ2v) is 7.62. The summed E-state index contributed by atoms with van der Waals surface area (Å²) in [6.07, 6.45) is 8.11. The molecule has 0 aromatic carbocycles. The molecule has 156 valence electrons. The highest BCUT2D eigenvalue weighted by Crippen LogP contribution is 2.26. The summed E-state index contributed by atoms with van der Waals surface area (Å²) in [4.78, 5) is 25.8. The topological polar surface area (TPSA) is 99.4 Å². The number of rotatable bonds is 6. The van der Waals surface area contributed by atoms with E-state index in [-0.39, 0.29) is 24.6 Å². The van der Waals surface area contributed by atoms with Crippen molar-refractivity contribution in [2.24, 2.45) is 0 Å². The number of piperidine rings is 2. The summed E-state index contributed by atoms with van der Waals surface area (Å²) in [6, 6.07) is 3.53. The van der Waals surface area contributed by atoms with Crippen LogP contribution in [-0.4, -0.2) is 62.5 Å². The Kier molecular flexibility index (Phi) is 5.94. The van der Waals surface area contributed by atoms with Crippen LogP contribution in [0.4, 0.5) is 17.5 Å². The van der Waals surface area contributed by atoms with Gasteiger partial charge < -0.3 is 15.3 Å². The van der Waals surface area contributed by atoms with E-state index in [2.05, 4.69) is 25.3 Å². The van der Waals surface area contributed by atoms with E-state index in [4.69, 9.17) is 0 Å². The Morgan fingerprint density at radius 1 is 1.21 bits per heavy atom. The fourth-order valence-corrected chi connectivity index (χ4v) is 4.29. The lowest BCUT2D eigenvalue weighted by molar-refractivity contribution is -0.120. The minimum Gasteiger partial charge on any atom is -0.394 e. The normalized spacial score (nSPS) is 22.8. The highest BCUT2D eigenvalue weighted by Gasteiger charge is 2.31. The van der Waals surface area contributed by atoms with E-state index in [0.29, 0.717) is 12.4 Å². The van der Waals surface area contributed by atoms with E-state index in [1.165, 1.54) is 6.33 Å².